The summed E-state index contributed by atoms with van der Waals surface area (Å²) in [4.78, 5) is 0. The molecule has 0 aromatic carbocycles. The summed E-state index contributed by atoms with van der Waals surface area (Å²) >= 11 is 0. The first kappa shape index (κ1) is 10.6. The van der Waals surface area contributed by atoms with Gasteiger partial charge in [-0.1, -0.05) is 24.0 Å². The maximum atomic E-state index is 5.74. The van der Waals surface area contributed by atoms with Gasteiger partial charge < -0.3 is 4.74 Å². The SMILES string of the molecule is C1CCC2C3=C(CCC2C1)C1COCC1CC3. The Hall–Kier alpha value is -0.300. The summed E-state index contributed by atoms with van der Waals surface area (Å²) in [5, 5.41) is 0. The minimum absolute atomic E-state index is 0.835. The summed E-state index contributed by atoms with van der Waals surface area (Å²) in [5.41, 5.74) is 3.80. The molecule has 0 spiro atoms. The van der Waals surface area contributed by atoms with Gasteiger partial charge in [0.15, 0.2) is 0 Å². The third-order valence-corrected chi connectivity index (χ3v) is 5.98. The molecule has 4 unspecified atom stereocenters. The molecule has 1 heteroatoms. The van der Waals surface area contributed by atoms with Crippen LogP contribution in [0.5, 0.6) is 0 Å². The van der Waals surface area contributed by atoms with Crippen LogP contribution in [0, 0.1) is 23.7 Å². The van der Waals surface area contributed by atoms with Gasteiger partial charge in [0.05, 0.1) is 13.2 Å². The molecule has 94 valence electrons. The Labute approximate surface area is 105 Å². The average Bonchev–Trinajstić information content (AvgIpc) is 2.86. The summed E-state index contributed by atoms with van der Waals surface area (Å²) in [6.45, 7) is 2.09. The Balaban J connectivity index is 1.67. The third kappa shape index (κ3) is 1.62. The summed E-state index contributed by atoms with van der Waals surface area (Å²) < 4.78 is 5.74. The first-order chi connectivity index (χ1) is 8.43. The van der Waals surface area contributed by atoms with E-state index >= 15 is 0 Å². The van der Waals surface area contributed by atoms with Crippen molar-refractivity contribution in [3.8, 4) is 0 Å². The van der Waals surface area contributed by atoms with Gasteiger partial charge >= 0.3 is 0 Å². The second-order valence-corrected chi connectivity index (χ2v) is 6.68. The molecule has 2 fully saturated rings. The maximum Gasteiger partial charge on any atom is 0.0535 e. The molecule has 1 saturated carbocycles. The van der Waals surface area contributed by atoms with Crippen molar-refractivity contribution in [2.45, 2.75) is 51.4 Å². The van der Waals surface area contributed by atoms with Crippen molar-refractivity contribution in [3.63, 3.8) is 0 Å². The molecule has 1 saturated heterocycles. The molecule has 17 heavy (non-hydrogen) atoms. The van der Waals surface area contributed by atoms with E-state index in [9.17, 15) is 0 Å². The van der Waals surface area contributed by atoms with Crippen LogP contribution in [0.4, 0.5) is 0 Å². The van der Waals surface area contributed by atoms with Crippen LogP contribution in [0.1, 0.15) is 51.4 Å². The zero-order valence-corrected chi connectivity index (χ0v) is 10.8. The molecule has 1 aliphatic heterocycles. The largest absolute Gasteiger partial charge is 0.381 e. The molecule has 1 nitrogen and oxygen atoms in total. The van der Waals surface area contributed by atoms with E-state index in [2.05, 4.69) is 0 Å². The molecule has 0 radical (unpaired) electrons. The Morgan fingerprint density at radius 3 is 2.41 bits per heavy atom. The Kier molecular flexibility index (Phi) is 2.57. The van der Waals surface area contributed by atoms with Gasteiger partial charge in [0.1, 0.15) is 0 Å². The van der Waals surface area contributed by atoms with Crippen LogP contribution < -0.4 is 0 Å². The van der Waals surface area contributed by atoms with Gasteiger partial charge in [-0.05, 0) is 56.3 Å². The number of rotatable bonds is 0. The fraction of sp³-hybridized carbons (Fsp3) is 0.875. The van der Waals surface area contributed by atoms with Gasteiger partial charge in [0, 0.05) is 5.92 Å². The van der Waals surface area contributed by atoms with E-state index in [1.807, 2.05) is 11.1 Å². The fourth-order valence-corrected chi connectivity index (χ4v) is 5.13. The van der Waals surface area contributed by atoms with E-state index < -0.39 is 0 Å². The molecule has 0 aromatic heterocycles. The zero-order chi connectivity index (χ0) is 11.2. The van der Waals surface area contributed by atoms with Crippen molar-refractivity contribution >= 4 is 0 Å². The number of fused-ring (bicyclic) bond motifs is 4. The Morgan fingerprint density at radius 1 is 0.706 bits per heavy atom. The highest BCUT2D eigenvalue weighted by molar-refractivity contribution is 5.28. The minimum Gasteiger partial charge on any atom is -0.381 e. The van der Waals surface area contributed by atoms with E-state index in [4.69, 9.17) is 4.74 Å². The molecular formula is C16H24O. The van der Waals surface area contributed by atoms with E-state index in [-0.39, 0.29) is 0 Å². The molecule has 0 amide bonds. The number of allylic oxidation sites excluding steroid dienone is 1. The molecule has 1 heterocycles. The van der Waals surface area contributed by atoms with Crippen LogP contribution in [0.25, 0.3) is 0 Å². The lowest BCUT2D eigenvalue weighted by atomic mass is 9.61. The lowest BCUT2D eigenvalue weighted by molar-refractivity contribution is 0.182. The topological polar surface area (TPSA) is 9.23 Å². The predicted molar refractivity (Wildman–Crippen MR) is 68.7 cm³/mol. The highest BCUT2D eigenvalue weighted by atomic mass is 16.5. The highest BCUT2D eigenvalue weighted by Crippen LogP contribution is 2.51. The maximum absolute atomic E-state index is 5.74. The quantitative estimate of drug-likeness (QED) is 0.575. The fourth-order valence-electron chi connectivity index (χ4n) is 5.13. The van der Waals surface area contributed by atoms with Crippen LogP contribution in [0.3, 0.4) is 0 Å². The molecule has 4 atom stereocenters. The van der Waals surface area contributed by atoms with Crippen LogP contribution >= 0.6 is 0 Å². The zero-order valence-electron chi connectivity index (χ0n) is 10.8. The highest BCUT2D eigenvalue weighted by Gasteiger charge is 2.41. The van der Waals surface area contributed by atoms with Crippen molar-refractivity contribution < 1.29 is 4.74 Å². The van der Waals surface area contributed by atoms with Crippen LogP contribution in [-0.4, -0.2) is 13.2 Å². The smallest absolute Gasteiger partial charge is 0.0535 e. The average molecular weight is 232 g/mol. The van der Waals surface area contributed by atoms with Crippen molar-refractivity contribution in [2.24, 2.45) is 23.7 Å². The standard InChI is InChI=1S/C16H24O/c1-2-4-13-11(3-1)5-7-15-14(13)8-6-12-9-17-10-16(12)15/h11-13,16H,1-10H2. The monoisotopic (exact) mass is 232 g/mol. The lowest BCUT2D eigenvalue weighted by Gasteiger charge is -2.43. The van der Waals surface area contributed by atoms with Crippen LogP contribution in [-0.2, 0) is 4.74 Å². The van der Waals surface area contributed by atoms with E-state index in [1.165, 1.54) is 51.4 Å². The van der Waals surface area contributed by atoms with Crippen molar-refractivity contribution in [1.29, 1.82) is 0 Å². The van der Waals surface area contributed by atoms with E-state index in [1.54, 1.807) is 0 Å². The number of ether oxygens (including phenoxy) is 1. The van der Waals surface area contributed by atoms with Crippen LogP contribution in [0.2, 0.25) is 0 Å². The second-order valence-electron chi connectivity index (χ2n) is 6.68. The van der Waals surface area contributed by atoms with Gasteiger partial charge in [0.2, 0.25) is 0 Å². The van der Waals surface area contributed by atoms with Gasteiger partial charge in [0.25, 0.3) is 0 Å². The van der Waals surface area contributed by atoms with Crippen molar-refractivity contribution in [2.75, 3.05) is 13.2 Å². The van der Waals surface area contributed by atoms with Crippen molar-refractivity contribution in [1.82, 2.24) is 0 Å². The Bertz CT molecular complexity index is 343. The first-order valence-corrected chi connectivity index (χ1v) is 7.73. The second kappa shape index (κ2) is 4.12. The lowest BCUT2D eigenvalue weighted by Crippen LogP contribution is -2.32. The molecule has 4 aliphatic rings. The van der Waals surface area contributed by atoms with E-state index in [0.29, 0.717) is 0 Å². The minimum atomic E-state index is 0.835. The summed E-state index contributed by atoms with van der Waals surface area (Å²) in [7, 11) is 0. The van der Waals surface area contributed by atoms with Crippen molar-refractivity contribution in [3.05, 3.63) is 11.1 Å². The summed E-state index contributed by atoms with van der Waals surface area (Å²) in [6.07, 6.45) is 11.8. The molecular weight excluding hydrogens is 208 g/mol. The molecule has 3 aliphatic carbocycles. The van der Waals surface area contributed by atoms with Gasteiger partial charge in [-0.2, -0.15) is 0 Å². The normalized spacial score (nSPS) is 45.2. The molecule has 0 bridgehead atoms. The van der Waals surface area contributed by atoms with Gasteiger partial charge in [-0.15, -0.1) is 0 Å². The third-order valence-electron chi connectivity index (χ3n) is 5.98. The molecule has 4 rings (SSSR count). The number of hydrogen-bond donors (Lipinski definition) is 0. The first-order valence-electron chi connectivity index (χ1n) is 7.73. The molecule has 0 aromatic rings. The summed E-state index contributed by atoms with van der Waals surface area (Å²) in [5.74, 6) is 3.77. The van der Waals surface area contributed by atoms with E-state index in [0.717, 1.165) is 36.9 Å². The van der Waals surface area contributed by atoms with Crippen LogP contribution in [0.15, 0.2) is 11.1 Å². The molecule has 0 N–H and O–H groups in total. The van der Waals surface area contributed by atoms with Gasteiger partial charge in [-0.25, -0.2) is 0 Å². The van der Waals surface area contributed by atoms with Gasteiger partial charge in [-0.3, -0.25) is 0 Å². The predicted octanol–water partition coefficient (Wildman–Crippen LogP) is 3.94. The number of hydrogen-bond acceptors (Lipinski definition) is 1. The summed E-state index contributed by atoms with van der Waals surface area (Å²) in [6, 6.07) is 0. The Morgan fingerprint density at radius 2 is 1.47 bits per heavy atom.